The standard InChI is InChI=1S/C15H16N2O3/c1-19-11-15(18)17-16-12-7-9-14(10-8-12)20-13-5-3-2-4-6-13/h2-10,16H,11H2,1H3,(H,17,18). The topological polar surface area (TPSA) is 59.6 Å². The summed E-state index contributed by atoms with van der Waals surface area (Å²) in [5, 5.41) is 0. The van der Waals surface area contributed by atoms with Crippen LogP contribution in [0.3, 0.4) is 0 Å². The molecule has 0 unspecified atom stereocenters. The fraction of sp³-hybridized carbons (Fsp3) is 0.133. The molecule has 0 radical (unpaired) electrons. The lowest BCUT2D eigenvalue weighted by atomic mass is 10.3. The number of carbonyl (C=O) groups excluding carboxylic acids is 1. The number of para-hydroxylation sites is 1. The van der Waals surface area contributed by atoms with Gasteiger partial charge >= 0.3 is 0 Å². The van der Waals surface area contributed by atoms with Crippen molar-refractivity contribution in [1.29, 1.82) is 0 Å². The van der Waals surface area contributed by atoms with Gasteiger partial charge < -0.3 is 9.47 Å². The first-order chi connectivity index (χ1) is 9.78. The third-order valence-electron chi connectivity index (χ3n) is 2.45. The predicted octanol–water partition coefficient (Wildman–Crippen LogP) is 2.57. The first-order valence-corrected chi connectivity index (χ1v) is 6.14. The van der Waals surface area contributed by atoms with Crippen molar-refractivity contribution in [2.45, 2.75) is 0 Å². The lowest BCUT2D eigenvalue weighted by Crippen LogP contribution is -2.32. The molecular weight excluding hydrogens is 256 g/mol. The van der Waals surface area contributed by atoms with Crippen LogP contribution in [-0.2, 0) is 9.53 Å². The van der Waals surface area contributed by atoms with Gasteiger partial charge in [-0.1, -0.05) is 18.2 Å². The molecule has 0 aliphatic heterocycles. The Balaban J connectivity index is 1.88. The van der Waals surface area contributed by atoms with Gasteiger partial charge in [0.1, 0.15) is 18.1 Å². The monoisotopic (exact) mass is 272 g/mol. The summed E-state index contributed by atoms with van der Waals surface area (Å²) in [5.41, 5.74) is 6.06. The van der Waals surface area contributed by atoms with E-state index in [9.17, 15) is 4.79 Å². The van der Waals surface area contributed by atoms with Crippen LogP contribution in [0.5, 0.6) is 11.5 Å². The highest BCUT2D eigenvalue weighted by Gasteiger charge is 2.00. The summed E-state index contributed by atoms with van der Waals surface area (Å²) in [6.45, 7) is 0.0161. The summed E-state index contributed by atoms with van der Waals surface area (Å²) >= 11 is 0. The zero-order chi connectivity index (χ0) is 14.2. The van der Waals surface area contributed by atoms with E-state index < -0.39 is 0 Å². The molecule has 2 aromatic carbocycles. The number of hydrazine groups is 1. The van der Waals surface area contributed by atoms with Crippen LogP contribution in [0.1, 0.15) is 0 Å². The number of hydrogen-bond acceptors (Lipinski definition) is 4. The Kier molecular flexibility index (Phi) is 4.97. The molecule has 0 aliphatic rings. The molecule has 0 fully saturated rings. The quantitative estimate of drug-likeness (QED) is 0.793. The molecule has 5 nitrogen and oxygen atoms in total. The van der Waals surface area contributed by atoms with E-state index >= 15 is 0 Å². The normalized spacial score (nSPS) is 9.85. The largest absolute Gasteiger partial charge is 0.457 e. The van der Waals surface area contributed by atoms with Crippen molar-refractivity contribution in [3.05, 3.63) is 54.6 Å². The van der Waals surface area contributed by atoms with Gasteiger partial charge in [0.15, 0.2) is 0 Å². The number of hydrogen-bond donors (Lipinski definition) is 2. The van der Waals surface area contributed by atoms with Crippen molar-refractivity contribution in [3.8, 4) is 11.5 Å². The molecule has 0 saturated carbocycles. The van der Waals surface area contributed by atoms with Crippen molar-refractivity contribution in [1.82, 2.24) is 5.43 Å². The van der Waals surface area contributed by atoms with E-state index in [1.807, 2.05) is 54.6 Å². The summed E-state index contributed by atoms with van der Waals surface area (Å²) in [7, 11) is 1.47. The maximum absolute atomic E-state index is 11.2. The number of anilines is 1. The van der Waals surface area contributed by atoms with Crippen molar-refractivity contribution in [2.24, 2.45) is 0 Å². The zero-order valence-electron chi connectivity index (χ0n) is 11.1. The first kappa shape index (κ1) is 13.9. The third-order valence-corrected chi connectivity index (χ3v) is 2.45. The lowest BCUT2D eigenvalue weighted by molar-refractivity contribution is -0.124. The maximum atomic E-state index is 11.2. The van der Waals surface area contributed by atoms with E-state index in [1.54, 1.807) is 0 Å². The minimum absolute atomic E-state index is 0.0161. The fourth-order valence-electron chi connectivity index (χ4n) is 1.54. The van der Waals surface area contributed by atoms with Crippen LogP contribution in [0.15, 0.2) is 54.6 Å². The molecule has 20 heavy (non-hydrogen) atoms. The zero-order valence-corrected chi connectivity index (χ0v) is 11.1. The smallest absolute Gasteiger partial charge is 0.264 e. The average molecular weight is 272 g/mol. The van der Waals surface area contributed by atoms with E-state index in [4.69, 9.17) is 9.47 Å². The molecule has 0 aromatic heterocycles. The van der Waals surface area contributed by atoms with E-state index in [2.05, 4.69) is 10.9 Å². The van der Waals surface area contributed by atoms with E-state index in [0.29, 0.717) is 0 Å². The van der Waals surface area contributed by atoms with Crippen LogP contribution in [-0.4, -0.2) is 19.6 Å². The number of amides is 1. The molecule has 1 amide bonds. The minimum atomic E-state index is -0.239. The predicted molar refractivity (Wildman–Crippen MR) is 76.6 cm³/mol. The molecule has 5 heteroatoms. The van der Waals surface area contributed by atoms with E-state index in [0.717, 1.165) is 17.2 Å². The van der Waals surface area contributed by atoms with E-state index in [1.165, 1.54) is 7.11 Å². The van der Waals surface area contributed by atoms with Gasteiger partial charge in [-0.25, -0.2) is 0 Å². The summed E-state index contributed by atoms with van der Waals surface area (Å²) in [6.07, 6.45) is 0. The molecule has 0 atom stereocenters. The summed E-state index contributed by atoms with van der Waals surface area (Å²) in [6, 6.07) is 16.8. The molecule has 0 spiro atoms. The maximum Gasteiger partial charge on any atom is 0.264 e. The summed E-state index contributed by atoms with van der Waals surface area (Å²) < 4.78 is 10.4. The molecular formula is C15H16N2O3. The van der Waals surface area contributed by atoms with Crippen molar-refractivity contribution < 1.29 is 14.3 Å². The van der Waals surface area contributed by atoms with Gasteiger partial charge in [0.2, 0.25) is 0 Å². The average Bonchev–Trinajstić information content (AvgIpc) is 2.48. The Hall–Kier alpha value is -2.53. The van der Waals surface area contributed by atoms with Crippen LogP contribution < -0.4 is 15.6 Å². The van der Waals surface area contributed by atoms with Gasteiger partial charge in [0.25, 0.3) is 5.91 Å². The Bertz CT molecular complexity index is 541. The van der Waals surface area contributed by atoms with Gasteiger partial charge in [0, 0.05) is 7.11 Å². The number of carbonyl (C=O) groups is 1. The number of methoxy groups -OCH3 is 1. The molecule has 0 aliphatic carbocycles. The van der Waals surface area contributed by atoms with Crippen LogP contribution in [0.2, 0.25) is 0 Å². The van der Waals surface area contributed by atoms with Crippen LogP contribution in [0.4, 0.5) is 5.69 Å². The second-order valence-corrected chi connectivity index (χ2v) is 4.05. The molecule has 104 valence electrons. The number of nitrogens with one attached hydrogen (secondary N) is 2. The highest BCUT2D eigenvalue weighted by Crippen LogP contribution is 2.22. The van der Waals surface area contributed by atoms with Gasteiger partial charge in [-0.15, -0.1) is 0 Å². The van der Waals surface area contributed by atoms with E-state index in [-0.39, 0.29) is 12.5 Å². The van der Waals surface area contributed by atoms with Gasteiger partial charge in [-0.2, -0.15) is 0 Å². The lowest BCUT2D eigenvalue weighted by Gasteiger charge is -2.09. The van der Waals surface area contributed by atoms with Crippen molar-refractivity contribution in [3.63, 3.8) is 0 Å². The Morgan fingerprint density at radius 2 is 1.65 bits per heavy atom. The SMILES string of the molecule is COCC(=O)NNc1ccc(Oc2ccccc2)cc1. The first-order valence-electron chi connectivity index (χ1n) is 6.14. The van der Waals surface area contributed by atoms with Gasteiger partial charge in [0.05, 0.1) is 5.69 Å². The van der Waals surface area contributed by atoms with Gasteiger partial charge in [-0.3, -0.25) is 15.6 Å². The second-order valence-electron chi connectivity index (χ2n) is 4.05. The van der Waals surface area contributed by atoms with Crippen molar-refractivity contribution >= 4 is 11.6 Å². The summed E-state index contributed by atoms with van der Waals surface area (Å²) in [4.78, 5) is 11.2. The second kappa shape index (κ2) is 7.16. The molecule has 2 rings (SSSR count). The number of rotatable bonds is 6. The Morgan fingerprint density at radius 3 is 2.30 bits per heavy atom. The van der Waals surface area contributed by atoms with Crippen LogP contribution >= 0.6 is 0 Å². The van der Waals surface area contributed by atoms with Crippen molar-refractivity contribution in [2.75, 3.05) is 19.1 Å². The molecule has 2 aromatic rings. The molecule has 2 N–H and O–H groups in total. The minimum Gasteiger partial charge on any atom is -0.457 e. The summed E-state index contributed by atoms with van der Waals surface area (Å²) in [5.74, 6) is 1.27. The molecule has 0 saturated heterocycles. The van der Waals surface area contributed by atoms with Gasteiger partial charge in [-0.05, 0) is 36.4 Å². The fourth-order valence-corrected chi connectivity index (χ4v) is 1.54. The molecule has 0 heterocycles. The number of benzene rings is 2. The molecule has 0 bridgehead atoms. The van der Waals surface area contributed by atoms with Crippen LogP contribution in [0.25, 0.3) is 0 Å². The third kappa shape index (κ3) is 4.29. The Morgan fingerprint density at radius 1 is 1.00 bits per heavy atom. The van der Waals surface area contributed by atoms with Crippen LogP contribution in [0, 0.1) is 0 Å². The highest BCUT2D eigenvalue weighted by atomic mass is 16.5. The number of ether oxygens (including phenoxy) is 2. The highest BCUT2D eigenvalue weighted by molar-refractivity contribution is 5.78. The Labute approximate surface area is 117 Å².